The second-order valence-corrected chi connectivity index (χ2v) is 4.06. The summed E-state index contributed by atoms with van der Waals surface area (Å²) in [6.45, 7) is 4.25. The normalized spacial score (nSPS) is 12.4. The van der Waals surface area contributed by atoms with Gasteiger partial charge in [-0.2, -0.15) is 0 Å². The monoisotopic (exact) mass is 254 g/mol. The van der Waals surface area contributed by atoms with Crippen molar-refractivity contribution in [2.24, 2.45) is 0 Å². The van der Waals surface area contributed by atoms with Crippen molar-refractivity contribution in [3.63, 3.8) is 0 Å². The molecule has 0 radical (unpaired) electrons. The molecule has 0 aromatic heterocycles. The summed E-state index contributed by atoms with van der Waals surface area (Å²) in [7, 11) is 1.65. The van der Waals surface area contributed by atoms with E-state index in [4.69, 9.17) is 14.2 Å². The lowest BCUT2D eigenvalue weighted by Gasteiger charge is -2.09. The third-order valence-corrected chi connectivity index (χ3v) is 2.47. The lowest BCUT2D eigenvalue weighted by Crippen LogP contribution is -2.07. The van der Waals surface area contributed by atoms with Gasteiger partial charge in [0.1, 0.15) is 5.75 Å². The largest absolute Gasteiger partial charge is 0.493 e. The Hall–Kier alpha value is -1.10. The highest BCUT2D eigenvalue weighted by Gasteiger charge is 2.01. The summed E-state index contributed by atoms with van der Waals surface area (Å²) < 4.78 is 15.8. The molecule has 1 aromatic rings. The maximum Gasteiger partial charge on any atom is 0.119 e. The van der Waals surface area contributed by atoms with E-state index in [1.807, 2.05) is 24.3 Å². The Balaban J connectivity index is 2.17. The fourth-order valence-electron chi connectivity index (χ4n) is 1.46. The zero-order valence-electron chi connectivity index (χ0n) is 11.1. The van der Waals surface area contributed by atoms with Gasteiger partial charge in [0.25, 0.3) is 0 Å². The minimum absolute atomic E-state index is 0.467. The lowest BCUT2D eigenvalue weighted by molar-refractivity contribution is 0.0644. The number of rotatable bonds is 9. The molecule has 102 valence electrons. The molecule has 0 saturated carbocycles. The molecule has 0 fully saturated rings. The van der Waals surface area contributed by atoms with Crippen LogP contribution in [-0.2, 0) is 9.47 Å². The third kappa shape index (κ3) is 6.00. The van der Waals surface area contributed by atoms with E-state index in [1.54, 1.807) is 14.0 Å². The van der Waals surface area contributed by atoms with E-state index in [-0.39, 0.29) is 0 Å². The van der Waals surface area contributed by atoms with Gasteiger partial charge in [0.15, 0.2) is 0 Å². The van der Waals surface area contributed by atoms with Crippen molar-refractivity contribution in [2.45, 2.75) is 19.4 Å². The van der Waals surface area contributed by atoms with Crippen LogP contribution in [0.3, 0.4) is 0 Å². The first kappa shape index (κ1) is 15.0. The Morgan fingerprint density at radius 3 is 2.72 bits per heavy atom. The Bertz CT molecular complexity index is 325. The smallest absolute Gasteiger partial charge is 0.119 e. The maximum atomic E-state index is 9.45. The van der Waals surface area contributed by atoms with E-state index in [0.29, 0.717) is 26.4 Å². The zero-order valence-corrected chi connectivity index (χ0v) is 11.1. The molecule has 0 heterocycles. The Kier molecular flexibility index (Phi) is 7.41. The van der Waals surface area contributed by atoms with Gasteiger partial charge in [-0.25, -0.2) is 0 Å². The molecule has 0 amide bonds. The van der Waals surface area contributed by atoms with Gasteiger partial charge in [-0.3, -0.25) is 0 Å². The van der Waals surface area contributed by atoms with Gasteiger partial charge in [-0.15, -0.1) is 0 Å². The summed E-state index contributed by atoms with van der Waals surface area (Å²) in [5.74, 6) is 0.783. The van der Waals surface area contributed by atoms with E-state index >= 15 is 0 Å². The number of hydrogen-bond acceptors (Lipinski definition) is 4. The topological polar surface area (TPSA) is 47.9 Å². The van der Waals surface area contributed by atoms with Crippen molar-refractivity contribution in [1.29, 1.82) is 0 Å². The van der Waals surface area contributed by atoms with Crippen LogP contribution >= 0.6 is 0 Å². The van der Waals surface area contributed by atoms with Crippen molar-refractivity contribution in [2.75, 3.05) is 33.5 Å². The van der Waals surface area contributed by atoms with Crippen LogP contribution in [-0.4, -0.2) is 38.6 Å². The summed E-state index contributed by atoms with van der Waals surface area (Å²) in [6, 6.07) is 7.51. The molecule has 0 unspecified atom stereocenters. The molecule has 1 N–H and O–H groups in total. The molecule has 4 heteroatoms. The van der Waals surface area contributed by atoms with Crippen LogP contribution in [0.5, 0.6) is 5.75 Å². The number of aliphatic hydroxyl groups excluding tert-OH is 1. The second kappa shape index (κ2) is 8.91. The molecule has 0 spiro atoms. The number of hydrogen-bond donors (Lipinski definition) is 1. The first-order chi connectivity index (χ1) is 8.74. The highest BCUT2D eigenvalue weighted by molar-refractivity contribution is 5.29. The first-order valence-corrected chi connectivity index (χ1v) is 6.21. The third-order valence-electron chi connectivity index (χ3n) is 2.47. The van der Waals surface area contributed by atoms with Crippen molar-refractivity contribution < 1.29 is 19.3 Å². The number of ether oxygens (including phenoxy) is 3. The van der Waals surface area contributed by atoms with Crippen LogP contribution in [0.2, 0.25) is 0 Å². The summed E-state index contributed by atoms with van der Waals surface area (Å²) in [4.78, 5) is 0. The quantitative estimate of drug-likeness (QED) is 0.686. The van der Waals surface area contributed by atoms with Crippen LogP contribution in [0.1, 0.15) is 25.0 Å². The Labute approximate surface area is 108 Å². The van der Waals surface area contributed by atoms with Crippen LogP contribution < -0.4 is 4.74 Å². The fraction of sp³-hybridized carbons (Fsp3) is 0.571. The minimum atomic E-state index is -0.467. The molecule has 1 aromatic carbocycles. The molecule has 0 aliphatic rings. The number of aliphatic hydroxyl groups is 1. The molecule has 0 saturated heterocycles. The second-order valence-electron chi connectivity index (χ2n) is 4.06. The fourth-order valence-corrected chi connectivity index (χ4v) is 1.46. The van der Waals surface area contributed by atoms with Crippen LogP contribution in [0.15, 0.2) is 24.3 Å². The highest BCUT2D eigenvalue weighted by atomic mass is 16.5. The van der Waals surface area contributed by atoms with Crippen LogP contribution in [0.25, 0.3) is 0 Å². The van der Waals surface area contributed by atoms with Crippen molar-refractivity contribution in [3.8, 4) is 5.75 Å². The van der Waals surface area contributed by atoms with Gasteiger partial charge < -0.3 is 19.3 Å². The Morgan fingerprint density at radius 1 is 1.17 bits per heavy atom. The molecular weight excluding hydrogens is 232 g/mol. The lowest BCUT2D eigenvalue weighted by atomic mass is 10.1. The average molecular weight is 254 g/mol. The summed E-state index contributed by atoms with van der Waals surface area (Å²) >= 11 is 0. The van der Waals surface area contributed by atoms with Gasteiger partial charge >= 0.3 is 0 Å². The first-order valence-electron chi connectivity index (χ1n) is 6.21. The predicted octanol–water partition coefficient (Wildman–Crippen LogP) is 2.17. The van der Waals surface area contributed by atoms with Gasteiger partial charge in [-0.05, 0) is 24.6 Å². The molecule has 18 heavy (non-hydrogen) atoms. The number of benzene rings is 1. The molecule has 1 atom stereocenters. The van der Waals surface area contributed by atoms with Gasteiger partial charge in [-0.1, -0.05) is 12.1 Å². The Morgan fingerprint density at radius 2 is 2.00 bits per heavy atom. The van der Waals surface area contributed by atoms with E-state index in [0.717, 1.165) is 17.7 Å². The molecule has 0 aliphatic carbocycles. The zero-order chi connectivity index (χ0) is 13.2. The average Bonchev–Trinajstić information content (AvgIpc) is 2.38. The SMILES string of the molecule is COCCOCCCOc1cccc([C@@H](C)O)c1. The molecule has 0 aliphatic heterocycles. The van der Waals surface area contributed by atoms with E-state index in [1.165, 1.54) is 0 Å². The predicted molar refractivity (Wildman–Crippen MR) is 69.9 cm³/mol. The van der Waals surface area contributed by atoms with Crippen molar-refractivity contribution in [3.05, 3.63) is 29.8 Å². The highest BCUT2D eigenvalue weighted by Crippen LogP contribution is 2.18. The number of methoxy groups -OCH3 is 1. The standard InChI is InChI=1S/C14H22O4/c1-12(15)13-5-3-6-14(11-13)18-8-4-7-17-10-9-16-2/h3,5-6,11-12,15H,4,7-10H2,1-2H3/t12-/m1/s1. The summed E-state index contributed by atoms with van der Waals surface area (Å²) in [6.07, 6.45) is 0.369. The van der Waals surface area contributed by atoms with Crippen LogP contribution in [0.4, 0.5) is 0 Å². The van der Waals surface area contributed by atoms with Gasteiger partial charge in [0, 0.05) is 20.1 Å². The molecule has 0 bridgehead atoms. The van der Waals surface area contributed by atoms with Crippen molar-refractivity contribution in [1.82, 2.24) is 0 Å². The van der Waals surface area contributed by atoms with Crippen LogP contribution in [0, 0.1) is 0 Å². The maximum absolute atomic E-state index is 9.45. The molecule has 1 rings (SSSR count). The van der Waals surface area contributed by atoms with Gasteiger partial charge in [0.2, 0.25) is 0 Å². The van der Waals surface area contributed by atoms with Crippen molar-refractivity contribution >= 4 is 0 Å². The minimum Gasteiger partial charge on any atom is -0.493 e. The van der Waals surface area contributed by atoms with E-state index < -0.39 is 6.10 Å². The summed E-state index contributed by atoms with van der Waals surface area (Å²) in [5, 5.41) is 9.45. The molecular formula is C14H22O4. The summed E-state index contributed by atoms with van der Waals surface area (Å²) in [5.41, 5.74) is 0.865. The van der Waals surface area contributed by atoms with E-state index in [9.17, 15) is 5.11 Å². The van der Waals surface area contributed by atoms with E-state index in [2.05, 4.69) is 0 Å². The molecule has 4 nitrogen and oxygen atoms in total. The van der Waals surface area contributed by atoms with Gasteiger partial charge in [0.05, 0.1) is 25.9 Å².